The van der Waals surface area contributed by atoms with Crippen LogP contribution < -0.4 is 10.6 Å². The molecule has 3 atom stereocenters. The molecule has 0 aliphatic heterocycles. The summed E-state index contributed by atoms with van der Waals surface area (Å²) in [5.74, 6) is -1.03. The lowest BCUT2D eigenvalue weighted by Crippen LogP contribution is -2.42. The Bertz CT molecular complexity index is 1160. The van der Waals surface area contributed by atoms with E-state index < -0.39 is 37.3 Å². The summed E-state index contributed by atoms with van der Waals surface area (Å²) in [5.41, 5.74) is 3.87. The first-order valence-corrected chi connectivity index (χ1v) is 14.7. The van der Waals surface area contributed by atoms with Crippen LogP contribution in [-0.4, -0.2) is 68.0 Å². The molecule has 40 heavy (non-hydrogen) atoms. The zero-order chi connectivity index (χ0) is 29.9. The number of anilines is 1. The predicted molar refractivity (Wildman–Crippen MR) is 149 cm³/mol. The molecule has 0 spiro atoms. The van der Waals surface area contributed by atoms with Gasteiger partial charge in [-0.3, -0.25) is 0 Å². The number of fused-ring (bicyclic) bond motifs is 1. The average Bonchev–Trinajstić information content (AvgIpc) is 3.26. The van der Waals surface area contributed by atoms with Crippen LogP contribution in [0.3, 0.4) is 0 Å². The summed E-state index contributed by atoms with van der Waals surface area (Å²) >= 11 is 0. The number of aromatic nitrogens is 4. The Kier molecular flexibility index (Phi) is 12.8. The first-order chi connectivity index (χ1) is 18.8. The highest BCUT2D eigenvalue weighted by atomic mass is 31.1. The van der Waals surface area contributed by atoms with Crippen molar-refractivity contribution < 1.29 is 33.2 Å². The van der Waals surface area contributed by atoms with E-state index in [2.05, 4.69) is 26.6 Å². The van der Waals surface area contributed by atoms with Gasteiger partial charge in [-0.25, -0.2) is 24.5 Å². The number of hydrogen-bond acceptors (Lipinski definition) is 12. The summed E-state index contributed by atoms with van der Waals surface area (Å²) in [4.78, 5) is 50.8. The van der Waals surface area contributed by atoms with Gasteiger partial charge in [-0.2, -0.15) is 0 Å². The van der Waals surface area contributed by atoms with E-state index in [0.717, 1.165) is 25.7 Å². The first kappa shape index (κ1) is 33.5. The molecule has 2 aromatic rings. The van der Waals surface area contributed by atoms with E-state index in [1.54, 1.807) is 24.7 Å². The highest BCUT2D eigenvalue weighted by Gasteiger charge is 2.43. The number of hydrogen-bond donors (Lipinski definition) is 1. The van der Waals surface area contributed by atoms with E-state index in [1.807, 2.05) is 6.92 Å². The molecule has 14 heteroatoms. The van der Waals surface area contributed by atoms with Gasteiger partial charge in [0.2, 0.25) is 5.60 Å². The number of rotatable bonds is 17. The average molecular weight is 583 g/mol. The van der Waals surface area contributed by atoms with Gasteiger partial charge in [-0.15, -0.1) is 4.52 Å². The molecule has 13 nitrogen and oxygen atoms in total. The Morgan fingerprint density at radius 3 is 2.50 bits per heavy atom. The number of nitrogens with zero attached hydrogens (tertiary/aromatic N) is 5. The predicted octanol–water partition coefficient (Wildman–Crippen LogP) is 3.69. The summed E-state index contributed by atoms with van der Waals surface area (Å²) in [6.07, 6.45) is 6.10. The molecule has 0 fully saturated rings. The third-order valence-electron chi connectivity index (χ3n) is 5.98. The number of carbonyl (C=O) groups is 2. The van der Waals surface area contributed by atoms with E-state index in [1.165, 1.54) is 27.1 Å². The quantitative estimate of drug-likeness (QED) is 0.163. The molecule has 2 N–H and O–H groups in total. The number of unbranched alkanes of at least 4 members (excludes halogenated alkanes) is 3. The highest BCUT2D eigenvalue weighted by Crippen LogP contribution is 2.34. The van der Waals surface area contributed by atoms with Crippen molar-refractivity contribution in [3.63, 3.8) is 0 Å². The van der Waals surface area contributed by atoms with Gasteiger partial charge in [0.1, 0.15) is 11.8 Å². The molecule has 0 radical (unpaired) electrons. The lowest BCUT2D eigenvalue weighted by Gasteiger charge is -2.25. The standard InChI is InChI=1S/C26H43N6O7P/c1-8-9-10-11-13-37-23(33)25(5,6)31-40(35)39-26(7,24(34)38-18(2)3)12-14-36-19(4)15-32-17-30-20-21(27)28-16-29-22(20)32/h16-19H,8-15H2,1-7H3,(H2,27,28,29)/t19-,26?/m1/s1. The molecule has 0 aromatic carbocycles. The van der Waals surface area contributed by atoms with Crippen molar-refractivity contribution >= 4 is 37.1 Å². The molecular weight excluding hydrogens is 539 g/mol. The van der Waals surface area contributed by atoms with Crippen molar-refractivity contribution in [2.75, 3.05) is 18.9 Å². The third kappa shape index (κ3) is 10.0. The van der Waals surface area contributed by atoms with Crippen LogP contribution in [0.5, 0.6) is 0 Å². The number of nitrogen functional groups attached to an aromatic ring is 1. The van der Waals surface area contributed by atoms with Gasteiger partial charge >= 0.3 is 20.1 Å². The molecule has 2 heterocycles. The third-order valence-corrected chi connectivity index (χ3v) is 7.20. The van der Waals surface area contributed by atoms with Crippen molar-refractivity contribution in [3.05, 3.63) is 12.7 Å². The van der Waals surface area contributed by atoms with Crippen molar-refractivity contribution in [2.24, 2.45) is 4.74 Å². The molecular formula is C26H43N6O7P. The number of esters is 2. The van der Waals surface area contributed by atoms with Gasteiger partial charge in [0.05, 0.1) is 38.3 Å². The number of imidazole rings is 1. The normalized spacial score (nSPS) is 14.8. The van der Waals surface area contributed by atoms with Crippen LogP contribution in [0, 0.1) is 0 Å². The summed E-state index contributed by atoms with van der Waals surface area (Å²) in [5, 5.41) is 0. The second kappa shape index (κ2) is 15.3. The Balaban J connectivity index is 2.03. The van der Waals surface area contributed by atoms with Gasteiger partial charge in [-0.1, -0.05) is 30.9 Å². The van der Waals surface area contributed by atoms with Crippen molar-refractivity contribution in [2.45, 2.75) is 110 Å². The molecule has 0 aliphatic carbocycles. The molecule has 0 saturated carbocycles. The Labute approximate surface area is 236 Å². The van der Waals surface area contributed by atoms with Crippen molar-refractivity contribution in [3.8, 4) is 0 Å². The Morgan fingerprint density at radius 2 is 1.82 bits per heavy atom. The van der Waals surface area contributed by atoms with Crippen LogP contribution in [0.2, 0.25) is 0 Å². The largest absolute Gasteiger partial charge is 0.583 e. The van der Waals surface area contributed by atoms with Crippen LogP contribution in [0.15, 0.2) is 17.4 Å². The van der Waals surface area contributed by atoms with Crippen LogP contribution in [0.4, 0.5) is 5.82 Å². The van der Waals surface area contributed by atoms with Crippen molar-refractivity contribution in [1.82, 2.24) is 19.5 Å². The molecule has 0 bridgehead atoms. The van der Waals surface area contributed by atoms with E-state index in [4.69, 9.17) is 24.5 Å². The van der Waals surface area contributed by atoms with E-state index in [-0.39, 0.29) is 31.6 Å². The second-order valence-electron chi connectivity index (χ2n) is 10.6. The maximum absolute atomic E-state index is 12.9. The van der Waals surface area contributed by atoms with Crippen LogP contribution in [0.25, 0.3) is 11.2 Å². The molecule has 0 saturated heterocycles. The highest BCUT2D eigenvalue weighted by molar-refractivity contribution is 7.33. The summed E-state index contributed by atoms with van der Waals surface area (Å²) in [6.45, 7) is 12.6. The van der Waals surface area contributed by atoms with Gasteiger partial charge < -0.3 is 29.4 Å². The zero-order valence-electron chi connectivity index (χ0n) is 24.6. The lowest BCUT2D eigenvalue weighted by molar-refractivity contribution is -0.197. The maximum Gasteiger partial charge on any atom is 0.343 e. The van der Waals surface area contributed by atoms with Crippen LogP contribution in [-0.2, 0) is 34.9 Å². The SMILES string of the molecule is CCCCCCOC(=O)C(C)(C)N=[P+]([O-])OC(C)(CCO[C@H](C)Cn1cnc2c(N)ncnc21)C(=O)OC(C)C. The van der Waals surface area contributed by atoms with Gasteiger partial charge in [-0.05, 0) is 48.0 Å². The van der Waals surface area contributed by atoms with E-state index >= 15 is 0 Å². The van der Waals surface area contributed by atoms with Gasteiger partial charge in [0.15, 0.2) is 17.0 Å². The Hall–Kier alpha value is -2.73. The zero-order valence-corrected chi connectivity index (χ0v) is 25.5. The lowest BCUT2D eigenvalue weighted by atomic mass is 10.0. The molecule has 2 aromatic heterocycles. The van der Waals surface area contributed by atoms with Crippen LogP contribution in [0.1, 0.15) is 80.6 Å². The minimum Gasteiger partial charge on any atom is -0.583 e. The summed E-state index contributed by atoms with van der Waals surface area (Å²) in [6, 6.07) is 0. The fourth-order valence-corrected chi connectivity index (χ4v) is 4.69. The molecule has 0 amide bonds. The van der Waals surface area contributed by atoms with Crippen LogP contribution >= 0.6 is 8.17 Å². The molecule has 2 unspecified atom stereocenters. The Morgan fingerprint density at radius 1 is 1.10 bits per heavy atom. The monoisotopic (exact) mass is 582 g/mol. The van der Waals surface area contributed by atoms with Crippen molar-refractivity contribution in [1.29, 1.82) is 0 Å². The summed E-state index contributed by atoms with van der Waals surface area (Å²) < 4.78 is 28.1. The van der Waals surface area contributed by atoms with Gasteiger partial charge in [0.25, 0.3) is 0 Å². The number of nitrogens with two attached hydrogens (primary N) is 1. The smallest absolute Gasteiger partial charge is 0.343 e. The number of carbonyl (C=O) groups excluding carboxylic acids is 2. The maximum atomic E-state index is 12.9. The topological polar surface area (TPSA) is 176 Å². The number of ether oxygens (including phenoxy) is 3. The van der Waals surface area contributed by atoms with E-state index in [0.29, 0.717) is 17.7 Å². The first-order valence-electron chi connectivity index (χ1n) is 13.6. The molecule has 224 valence electrons. The molecule has 2 rings (SSSR count). The fraction of sp³-hybridized carbons (Fsp3) is 0.731. The fourth-order valence-electron chi connectivity index (χ4n) is 3.65. The van der Waals surface area contributed by atoms with E-state index in [9.17, 15) is 14.5 Å². The minimum atomic E-state index is -2.78. The minimum absolute atomic E-state index is 0.0293. The summed E-state index contributed by atoms with van der Waals surface area (Å²) in [7, 11) is -2.78. The van der Waals surface area contributed by atoms with Gasteiger partial charge in [0, 0.05) is 6.42 Å². The second-order valence-corrected chi connectivity index (χ2v) is 11.5. The molecule has 0 aliphatic rings.